The first-order valence-electron chi connectivity index (χ1n) is 9.23. The second kappa shape index (κ2) is 7.37. The molecule has 3 N–H and O–H groups in total. The van der Waals surface area contributed by atoms with Crippen LogP contribution in [-0.4, -0.2) is 43.6 Å². The maximum atomic E-state index is 12.9. The summed E-state index contributed by atoms with van der Waals surface area (Å²) in [5.74, 6) is 0.141. The number of ether oxygens (including phenoxy) is 1. The number of H-pyrrole nitrogens is 1. The minimum Gasteiger partial charge on any atom is -0.404 e. The Morgan fingerprint density at radius 3 is 2.90 bits per heavy atom. The summed E-state index contributed by atoms with van der Waals surface area (Å²) in [7, 11) is -4.56. The van der Waals surface area contributed by atoms with Crippen molar-refractivity contribution in [1.82, 2.24) is 9.55 Å². The van der Waals surface area contributed by atoms with Gasteiger partial charge in [-0.05, 0) is 6.07 Å². The van der Waals surface area contributed by atoms with Crippen molar-refractivity contribution < 1.29 is 35.8 Å². The van der Waals surface area contributed by atoms with E-state index in [1.54, 1.807) is 18.2 Å². The molecule has 2 aliphatic heterocycles. The zero-order valence-electron chi connectivity index (χ0n) is 16.4. The summed E-state index contributed by atoms with van der Waals surface area (Å²) in [5, 5.41) is 17.9. The summed E-state index contributed by atoms with van der Waals surface area (Å²) in [6, 6.07) is 7.35. The normalized spacial score (nSPS) is 35.3. The van der Waals surface area contributed by atoms with E-state index in [0.29, 0.717) is 10.1 Å². The Labute approximate surface area is 170 Å². The van der Waals surface area contributed by atoms with Gasteiger partial charge in [-0.25, -0.2) is 9.36 Å². The van der Waals surface area contributed by atoms with Gasteiger partial charge in [0.05, 0.1) is 9.35 Å². The topological polar surface area (TPSA) is 149 Å². The highest BCUT2D eigenvalue weighted by atomic mass is 35.5. The lowest BCUT2D eigenvalue weighted by atomic mass is 10.1. The van der Waals surface area contributed by atoms with Crippen molar-refractivity contribution in [2.24, 2.45) is 0 Å². The average Bonchev–Trinajstić information content (AvgIpc) is 2.93. The number of aromatic amines is 1. The van der Waals surface area contributed by atoms with Crippen molar-refractivity contribution in [3.8, 4) is 5.75 Å². The molecule has 2 aromatic rings. The van der Waals surface area contributed by atoms with Gasteiger partial charge in [-0.3, -0.25) is 23.4 Å². The molecule has 13 heteroatoms. The first kappa shape index (κ1) is 17.8. The summed E-state index contributed by atoms with van der Waals surface area (Å²) >= 11 is 6.17. The predicted octanol–water partition coefficient (Wildman–Crippen LogP) is 0.456. The van der Waals surface area contributed by atoms with Crippen molar-refractivity contribution >= 4 is 19.4 Å². The van der Waals surface area contributed by atoms with Gasteiger partial charge in [-0.2, -0.15) is 0 Å². The fourth-order valence-electron chi connectivity index (χ4n) is 2.79. The number of alkyl halides is 1. The molecule has 0 bridgehead atoms. The van der Waals surface area contributed by atoms with Crippen molar-refractivity contribution in [2.75, 3.05) is 6.56 Å². The van der Waals surface area contributed by atoms with Crippen LogP contribution in [0.1, 0.15) is 14.5 Å². The molecule has 1 saturated heterocycles. The molecule has 2 aliphatic rings. The van der Waals surface area contributed by atoms with Crippen LogP contribution >= 0.6 is 19.4 Å². The summed E-state index contributed by atoms with van der Waals surface area (Å²) in [6.07, 6.45) is -4.82. The van der Waals surface area contributed by atoms with Crippen LogP contribution in [0.2, 0.25) is 0 Å². The Hall–Kier alpha value is -1.98. The lowest BCUT2D eigenvalue weighted by molar-refractivity contribution is -0.0786. The molecule has 1 aromatic heterocycles. The van der Waals surface area contributed by atoms with Crippen LogP contribution in [0.5, 0.6) is 5.75 Å². The summed E-state index contributed by atoms with van der Waals surface area (Å²) < 4.78 is 50.4. The Morgan fingerprint density at radius 2 is 2.14 bits per heavy atom. The van der Waals surface area contributed by atoms with Gasteiger partial charge in [0, 0.05) is 17.8 Å². The molecule has 0 amide bonds. The Morgan fingerprint density at radius 1 is 1.38 bits per heavy atom. The number of hydrogen-bond acceptors (Lipinski definition) is 9. The molecule has 0 saturated carbocycles. The highest BCUT2D eigenvalue weighted by Gasteiger charge is 2.56. The lowest BCUT2D eigenvalue weighted by Crippen LogP contribution is -2.42. The molecule has 3 heterocycles. The average molecular weight is 449 g/mol. The number of aromatic nitrogens is 2. The molecule has 1 aromatic carbocycles. The quantitative estimate of drug-likeness (QED) is 0.447. The lowest BCUT2D eigenvalue weighted by Gasteiger charge is -2.29. The summed E-state index contributed by atoms with van der Waals surface area (Å²) in [6.45, 7) is -3.46. The third-order valence-electron chi connectivity index (χ3n) is 4.27. The van der Waals surface area contributed by atoms with Gasteiger partial charge in [0.2, 0.25) is 0 Å². The molecule has 11 nitrogen and oxygen atoms in total. The second-order valence-corrected chi connectivity index (χ2v) is 8.30. The van der Waals surface area contributed by atoms with Crippen LogP contribution in [0.15, 0.2) is 46.1 Å². The van der Waals surface area contributed by atoms with Crippen molar-refractivity contribution in [1.29, 1.82) is 0 Å². The van der Waals surface area contributed by atoms with E-state index in [9.17, 15) is 24.4 Å². The highest BCUT2D eigenvalue weighted by molar-refractivity contribution is 7.49. The number of nitrogens with zero attached hydrogens (tertiary/aromatic N) is 1. The number of phosphoric ester groups is 1. The number of para-hydroxylation sites is 1. The zero-order valence-corrected chi connectivity index (χ0v) is 16.1. The molecule has 0 spiro atoms. The molecular formula is C16H16ClN2O9P. The van der Waals surface area contributed by atoms with Gasteiger partial charge in [0.1, 0.15) is 24.5 Å². The third-order valence-corrected chi connectivity index (χ3v) is 5.84. The first-order valence-corrected chi connectivity index (χ1v) is 10.1. The number of nitrogens with one attached hydrogen (secondary N) is 1. The number of benzene rings is 1. The van der Waals surface area contributed by atoms with E-state index in [2.05, 4.69) is 0 Å². The van der Waals surface area contributed by atoms with E-state index in [4.69, 9.17) is 32.7 Å². The maximum absolute atomic E-state index is 12.9. The van der Waals surface area contributed by atoms with Crippen molar-refractivity contribution in [2.45, 2.75) is 30.1 Å². The molecule has 1 fully saturated rings. The molecule has 5 atom stereocenters. The molecule has 0 radical (unpaired) electrons. The van der Waals surface area contributed by atoms with E-state index in [1.807, 2.05) is 4.98 Å². The molecule has 4 rings (SSSR count). The monoisotopic (exact) mass is 448 g/mol. The Balaban J connectivity index is 1.62. The van der Waals surface area contributed by atoms with E-state index in [0.717, 1.165) is 12.3 Å². The van der Waals surface area contributed by atoms with E-state index >= 15 is 0 Å². The van der Waals surface area contributed by atoms with Gasteiger partial charge in [-0.15, -0.1) is 0 Å². The van der Waals surface area contributed by atoms with Gasteiger partial charge in [-0.1, -0.05) is 29.8 Å². The van der Waals surface area contributed by atoms with Gasteiger partial charge < -0.3 is 19.5 Å². The predicted molar refractivity (Wildman–Crippen MR) is 97.5 cm³/mol. The van der Waals surface area contributed by atoms with Gasteiger partial charge in [0.15, 0.2) is 11.3 Å². The maximum Gasteiger partial charge on any atom is 0.530 e. The van der Waals surface area contributed by atoms with Crippen molar-refractivity contribution in [3.63, 3.8) is 0 Å². The molecule has 156 valence electrons. The fourth-order valence-corrected chi connectivity index (χ4v) is 4.21. The second-order valence-electron chi connectivity index (χ2n) is 6.22. The Kier molecular flexibility index (Phi) is 4.53. The van der Waals surface area contributed by atoms with Crippen molar-refractivity contribution in [3.05, 3.63) is 62.9 Å². The number of hydrogen-bond donors (Lipinski definition) is 3. The first-order chi connectivity index (χ1) is 14.5. The largest absolute Gasteiger partial charge is 0.530 e. The highest BCUT2D eigenvalue weighted by Crippen LogP contribution is 2.55. The number of aliphatic hydroxyl groups is 2. The van der Waals surface area contributed by atoms with E-state index < -0.39 is 49.1 Å². The molecular weight excluding hydrogens is 431 g/mol. The zero-order chi connectivity index (χ0) is 22.6. The summed E-state index contributed by atoms with van der Waals surface area (Å²) in [5.41, 5.74) is -1.19. The number of fused-ring (bicyclic) bond motifs is 1. The van der Waals surface area contributed by atoms with E-state index in [-0.39, 0.29) is 12.4 Å². The van der Waals surface area contributed by atoms with Crippen LogP contribution in [-0.2, 0) is 25.0 Å². The van der Waals surface area contributed by atoms with Gasteiger partial charge >= 0.3 is 13.5 Å². The van der Waals surface area contributed by atoms with Crippen LogP contribution in [0.4, 0.5) is 0 Å². The number of aliphatic hydroxyl groups excluding tert-OH is 2. The van der Waals surface area contributed by atoms with Crippen LogP contribution in [0, 0.1) is 0 Å². The standard InChI is InChI=1S/C16H16ClN2O9P/c17-16(8-26-29(24)25-7-9-3-1-2-4-10(9)28-29)13(22)12(21)14(27-16)19-6-5-11(20)18-15(19)23/h1-6,12-14,21-22H,7-8H2,(H,18,20,23)/t12-,13+,14-,16-,29?/m1/s1/i8D2. The smallest absolute Gasteiger partial charge is 0.404 e. The fraction of sp³-hybridized carbons (Fsp3) is 0.375. The minimum absolute atomic E-state index is 0.141. The number of phosphoric acid groups is 1. The van der Waals surface area contributed by atoms with Crippen LogP contribution in [0.3, 0.4) is 0 Å². The third kappa shape index (κ3) is 3.78. The van der Waals surface area contributed by atoms with Gasteiger partial charge in [0.25, 0.3) is 5.56 Å². The van der Waals surface area contributed by atoms with Crippen LogP contribution < -0.4 is 15.8 Å². The minimum atomic E-state index is -4.56. The Bertz CT molecular complexity index is 1170. The summed E-state index contributed by atoms with van der Waals surface area (Å²) in [4.78, 5) is 25.2. The molecule has 1 unspecified atom stereocenters. The van der Waals surface area contributed by atoms with Crippen LogP contribution in [0.25, 0.3) is 0 Å². The molecule has 29 heavy (non-hydrogen) atoms. The molecule has 0 aliphatic carbocycles. The number of rotatable bonds is 4. The number of halogens is 1. The SMILES string of the molecule is [2H]C([2H])(OP1(=O)OCc2ccccc2O1)[C@@]1(Cl)O[C@@H](n2ccc(=O)[nH]c2=O)[C@H](O)[C@@H]1O. The van der Waals surface area contributed by atoms with E-state index in [1.165, 1.54) is 6.07 Å².